The molecule has 4 heterocycles. The van der Waals surface area contributed by atoms with E-state index in [0.29, 0.717) is 11.2 Å². The van der Waals surface area contributed by atoms with Crippen molar-refractivity contribution in [2.45, 2.75) is 25.1 Å². The van der Waals surface area contributed by atoms with Crippen LogP contribution in [0.4, 0.5) is 33.6 Å². The van der Waals surface area contributed by atoms with Crippen molar-refractivity contribution in [3.05, 3.63) is 64.4 Å². The minimum Gasteiger partial charge on any atom is -0.450 e. The fourth-order valence-electron chi connectivity index (χ4n) is 4.38. The molecular formula is C25H22ClF5N8O. The zero-order valence-corrected chi connectivity index (χ0v) is 21.6. The van der Waals surface area contributed by atoms with Gasteiger partial charge >= 0.3 is 6.18 Å². The lowest BCUT2D eigenvalue weighted by molar-refractivity contribution is -0.137. The van der Waals surface area contributed by atoms with E-state index in [1.807, 2.05) is 0 Å². The number of fused-ring (bicyclic) bond motifs is 1. The standard InChI is InChI=1S/C25H22ClF5N8O/c1-38-21-20(26)19(40-18(9-32)17-10-33-3-4-34-17)11-35-22(21)37-23(38)36-16-7-14(6-15(8-16)25(29,30)31)12-39-5-2-24(27,28)13-39/h3-4,6-11,32,34H,2,5,12-13H2,1H3,(H,35,36,37)/b18-17+,32-9?. The summed E-state index contributed by atoms with van der Waals surface area (Å²) in [6, 6.07) is 3.33. The summed E-state index contributed by atoms with van der Waals surface area (Å²) < 4.78 is 75.6. The molecule has 1 saturated heterocycles. The molecule has 0 aliphatic carbocycles. The van der Waals surface area contributed by atoms with Crippen molar-refractivity contribution in [1.82, 2.24) is 24.8 Å². The molecule has 2 aliphatic heterocycles. The van der Waals surface area contributed by atoms with E-state index in [9.17, 15) is 22.0 Å². The van der Waals surface area contributed by atoms with Crippen molar-refractivity contribution >= 4 is 46.8 Å². The highest BCUT2D eigenvalue weighted by molar-refractivity contribution is 6.36. The van der Waals surface area contributed by atoms with Gasteiger partial charge in [0, 0.05) is 44.6 Å². The second kappa shape index (κ2) is 10.5. The lowest BCUT2D eigenvalue weighted by Crippen LogP contribution is -2.25. The van der Waals surface area contributed by atoms with Gasteiger partial charge in [0.1, 0.15) is 16.2 Å². The highest BCUT2D eigenvalue weighted by atomic mass is 35.5. The Morgan fingerprint density at radius 2 is 2.10 bits per heavy atom. The van der Waals surface area contributed by atoms with Gasteiger partial charge in [0.2, 0.25) is 5.95 Å². The monoisotopic (exact) mass is 580 g/mol. The number of nitrogens with zero attached hydrogens (tertiary/aromatic N) is 5. The maximum Gasteiger partial charge on any atom is 0.416 e. The van der Waals surface area contributed by atoms with Gasteiger partial charge in [-0.15, -0.1) is 0 Å². The van der Waals surface area contributed by atoms with E-state index in [-0.39, 0.29) is 58.9 Å². The second-order valence-electron chi connectivity index (χ2n) is 9.22. The van der Waals surface area contributed by atoms with E-state index in [4.69, 9.17) is 21.7 Å². The van der Waals surface area contributed by atoms with Crippen molar-refractivity contribution in [2.24, 2.45) is 12.0 Å². The van der Waals surface area contributed by atoms with Gasteiger partial charge in [0.25, 0.3) is 5.92 Å². The summed E-state index contributed by atoms with van der Waals surface area (Å²) in [5, 5.41) is 13.6. The van der Waals surface area contributed by atoms with Crippen molar-refractivity contribution in [3.8, 4) is 5.75 Å². The molecule has 15 heteroatoms. The summed E-state index contributed by atoms with van der Waals surface area (Å²) >= 11 is 6.60. The van der Waals surface area contributed by atoms with Crippen LogP contribution in [0.25, 0.3) is 11.2 Å². The van der Waals surface area contributed by atoms with Crippen molar-refractivity contribution in [1.29, 1.82) is 5.41 Å². The Hall–Kier alpha value is -4.04. The average molecular weight is 581 g/mol. The van der Waals surface area contributed by atoms with Gasteiger partial charge in [-0.2, -0.15) is 18.2 Å². The van der Waals surface area contributed by atoms with E-state index >= 15 is 0 Å². The molecule has 1 fully saturated rings. The number of benzene rings is 1. The zero-order chi connectivity index (χ0) is 28.7. The highest BCUT2D eigenvalue weighted by Crippen LogP contribution is 2.37. The van der Waals surface area contributed by atoms with Crippen LogP contribution in [0.1, 0.15) is 17.5 Å². The number of ether oxygens (including phenoxy) is 1. The van der Waals surface area contributed by atoms with Crippen LogP contribution in [0.3, 0.4) is 0 Å². The SMILES string of the molecule is Cn1c(Nc2cc(CN3CCC(F)(F)C3)cc(C(F)(F)F)c2)nc2ncc(O/C(C=N)=C3\C=NC=CN3)c(Cl)c21. The fraction of sp³-hybridized carbons (Fsp3) is 0.280. The summed E-state index contributed by atoms with van der Waals surface area (Å²) in [5.41, 5.74) is 0.298. The highest BCUT2D eigenvalue weighted by Gasteiger charge is 2.38. The first kappa shape index (κ1) is 27.5. The van der Waals surface area contributed by atoms with E-state index in [1.165, 1.54) is 34.1 Å². The molecular weight excluding hydrogens is 559 g/mol. The van der Waals surface area contributed by atoms with Crippen LogP contribution in [0.5, 0.6) is 5.75 Å². The summed E-state index contributed by atoms with van der Waals surface area (Å²) in [5.74, 6) is -2.50. The van der Waals surface area contributed by atoms with E-state index < -0.39 is 24.2 Å². The minimum atomic E-state index is -4.65. The van der Waals surface area contributed by atoms with Gasteiger partial charge in [-0.1, -0.05) is 11.6 Å². The van der Waals surface area contributed by atoms with E-state index in [1.54, 1.807) is 13.2 Å². The molecule has 2 aliphatic rings. The molecule has 0 saturated carbocycles. The van der Waals surface area contributed by atoms with Gasteiger partial charge in [-0.05, 0) is 23.8 Å². The molecule has 3 aromatic rings. The Kier molecular flexibility index (Phi) is 7.23. The lowest BCUT2D eigenvalue weighted by Gasteiger charge is -2.18. The van der Waals surface area contributed by atoms with Crippen molar-refractivity contribution in [2.75, 3.05) is 18.4 Å². The maximum absolute atomic E-state index is 13.7. The third-order valence-electron chi connectivity index (χ3n) is 6.26. The number of aryl methyl sites for hydroxylation is 1. The summed E-state index contributed by atoms with van der Waals surface area (Å²) in [6.07, 6.45) is 1.84. The average Bonchev–Trinajstić information content (AvgIpc) is 3.41. The number of rotatable bonds is 7. The topological polar surface area (TPSA) is 103 Å². The quantitative estimate of drug-likeness (QED) is 0.191. The smallest absolute Gasteiger partial charge is 0.416 e. The number of hydrogen-bond acceptors (Lipinski definition) is 8. The van der Waals surface area contributed by atoms with Crippen LogP contribution in [0.2, 0.25) is 5.02 Å². The number of likely N-dealkylation sites (tertiary alicyclic amines) is 1. The first-order valence-electron chi connectivity index (χ1n) is 11.9. The third kappa shape index (κ3) is 5.77. The lowest BCUT2D eigenvalue weighted by atomic mass is 10.1. The van der Waals surface area contributed by atoms with Crippen LogP contribution in [0.15, 0.2) is 53.2 Å². The molecule has 9 nitrogen and oxygen atoms in total. The number of nitrogens with one attached hydrogen (secondary N) is 3. The van der Waals surface area contributed by atoms with E-state index in [2.05, 4.69) is 25.6 Å². The molecule has 0 spiro atoms. The number of anilines is 2. The molecule has 0 unspecified atom stereocenters. The minimum absolute atomic E-state index is 0.0633. The number of hydrogen-bond donors (Lipinski definition) is 3. The second-order valence-corrected chi connectivity index (χ2v) is 9.60. The molecule has 40 heavy (non-hydrogen) atoms. The molecule has 0 bridgehead atoms. The van der Waals surface area contributed by atoms with Gasteiger partial charge in [0.15, 0.2) is 17.2 Å². The molecule has 3 N–H and O–H groups in total. The Balaban J connectivity index is 1.45. The van der Waals surface area contributed by atoms with Crippen LogP contribution >= 0.6 is 11.6 Å². The number of allylic oxidation sites excluding steroid dienone is 2. The van der Waals surface area contributed by atoms with Crippen LogP contribution < -0.4 is 15.4 Å². The number of aliphatic imine (C=N–C) groups is 1. The number of imidazole rings is 1. The van der Waals surface area contributed by atoms with Crippen LogP contribution in [-0.2, 0) is 19.8 Å². The van der Waals surface area contributed by atoms with Crippen molar-refractivity contribution in [3.63, 3.8) is 0 Å². The molecule has 0 atom stereocenters. The van der Waals surface area contributed by atoms with Gasteiger partial charge in [0.05, 0.1) is 30.7 Å². The third-order valence-corrected chi connectivity index (χ3v) is 6.62. The molecule has 0 radical (unpaired) electrons. The van der Waals surface area contributed by atoms with Crippen molar-refractivity contribution < 1.29 is 26.7 Å². The number of aromatic nitrogens is 3. The normalized spacial score (nSPS) is 18.2. The van der Waals surface area contributed by atoms with Gasteiger partial charge in [-0.3, -0.25) is 9.89 Å². The van der Waals surface area contributed by atoms with Gasteiger partial charge in [-0.25, -0.2) is 13.8 Å². The van der Waals surface area contributed by atoms with Gasteiger partial charge < -0.3 is 25.3 Å². The summed E-state index contributed by atoms with van der Waals surface area (Å²) in [6.45, 7) is -0.492. The summed E-state index contributed by atoms with van der Waals surface area (Å²) in [7, 11) is 1.59. The molecule has 210 valence electrons. The fourth-order valence-corrected chi connectivity index (χ4v) is 4.68. The Labute approximate surface area is 229 Å². The number of pyridine rings is 1. The number of alkyl halides is 5. The first-order chi connectivity index (χ1) is 18.9. The van der Waals surface area contributed by atoms with E-state index in [0.717, 1.165) is 18.3 Å². The molecule has 2 aromatic heterocycles. The molecule has 1 aromatic carbocycles. The van der Waals surface area contributed by atoms with Crippen LogP contribution in [0, 0.1) is 5.41 Å². The summed E-state index contributed by atoms with van der Waals surface area (Å²) in [4.78, 5) is 14.0. The zero-order valence-electron chi connectivity index (χ0n) is 20.9. The Morgan fingerprint density at radius 3 is 2.75 bits per heavy atom. The first-order valence-corrected chi connectivity index (χ1v) is 12.3. The predicted molar refractivity (Wildman–Crippen MR) is 140 cm³/mol. The Bertz CT molecular complexity index is 1560. The molecule has 0 amide bonds. The maximum atomic E-state index is 13.7. The number of halogens is 6. The predicted octanol–water partition coefficient (Wildman–Crippen LogP) is 5.61. The largest absolute Gasteiger partial charge is 0.450 e. The Morgan fingerprint density at radius 1 is 1.30 bits per heavy atom. The van der Waals surface area contributed by atoms with Crippen LogP contribution in [-0.4, -0.2) is 50.9 Å². The molecule has 5 rings (SSSR count).